The van der Waals surface area contributed by atoms with Crippen molar-refractivity contribution in [2.45, 2.75) is 12.8 Å². The maximum atomic E-state index is 13.7. The maximum absolute atomic E-state index is 13.7. The molecule has 0 bridgehead atoms. The van der Waals surface area contributed by atoms with Crippen LogP contribution in [-0.4, -0.2) is 28.8 Å². The van der Waals surface area contributed by atoms with Crippen LogP contribution in [0.1, 0.15) is 23.2 Å². The first kappa shape index (κ1) is 13.9. The summed E-state index contributed by atoms with van der Waals surface area (Å²) in [4.78, 5) is 23.6. The van der Waals surface area contributed by atoms with Gasteiger partial charge in [0.05, 0.1) is 16.6 Å². The van der Waals surface area contributed by atoms with Crippen LogP contribution in [0.2, 0.25) is 0 Å². The van der Waals surface area contributed by atoms with Crippen molar-refractivity contribution >= 4 is 11.6 Å². The van der Waals surface area contributed by atoms with Crippen molar-refractivity contribution in [2.24, 2.45) is 5.92 Å². The van der Waals surface area contributed by atoms with E-state index < -0.39 is 16.6 Å². The Morgan fingerprint density at radius 1 is 1.45 bits per heavy atom. The molecule has 0 spiro atoms. The molecule has 1 aromatic rings. The van der Waals surface area contributed by atoms with E-state index in [1.54, 1.807) is 0 Å². The number of non-ortho nitro benzene ring substituents is 1. The summed E-state index contributed by atoms with van der Waals surface area (Å²) in [6.45, 7) is 0.721. The largest absolute Gasteiger partial charge is 0.338 e. The summed E-state index contributed by atoms with van der Waals surface area (Å²) < 4.78 is 13.7. The van der Waals surface area contributed by atoms with Crippen LogP contribution in [0.15, 0.2) is 18.2 Å². The number of hydrogen-bond acceptors (Lipinski definition) is 4. The molecule has 1 aliphatic rings. The highest BCUT2D eigenvalue weighted by molar-refractivity contribution is 5.95. The highest BCUT2D eigenvalue weighted by atomic mass is 19.1. The summed E-state index contributed by atoms with van der Waals surface area (Å²) in [6, 6.07) is 5.04. The van der Waals surface area contributed by atoms with Crippen LogP contribution in [0.25, 0.3) is 0 Å². The van der Waals surface area contributed by atoms with Gasteiger partial charge in [-0.3, -0.25) is 14.9 Å². The van der Waals surface area contributed by atoms with Crippen LogP contribution in [0.4, 0.5) is 10.1 Å². The normalized spacial score (nSPS) is 15.7. The fourth-order valence-corrected chi connectivity index (χ4v) is 2.17. The molecular formula is C13H12FN3O3. The fourth-order valence-electron chi connectivity index (χ4n) is 2.17. The first-order chi connectivity index (χ1) is 9.52. The topological polar surface area (TPSA) is 87.2 Å². The lowest BCUT2D eigenvalue weighted by molar-refractivity contribution is -0.384. The Kier molecular flexibility index (Phi) is 3.94. The van der Waals surface area contributed by atoms with Crippen molar-refractivity contribution in [2.75, 3.05) is 13.1 Å². The van der Waals surface area contributed by atoms with E-state index in [1.165, 1.54) is 4.90 Å². The third-order valence-electron chi connectivity index (χ3n) is 3.36. The molecule has 1 fully saturated rings. The minimum Gasteiger partial charge on any atom is -0.338 e. The van der Waals surface area contributed by atoms with Crippen LogP contribution in [0.3, 0.4) is 0 Å². The summed E-state index contributed by atoms with van der Waals surface area (Å²) in [5, 5.41) is 19.5. The second kappa shape index (κ2) is 5.65. The van der Waals surface area contributed by atoms with Crippen LogP contribution in [0, 0.1) is 33.2 Å². The molecule has 104 valence electrons. The van der Waals surface area contributed by atoms with Gasteiger partial charge in [0.1, 0.15) is 5.82 Å². The molecule has 1 amide bonds. The SMILES string of the molecule is N#CC1CCN(C(=O)c2cc([N+](=O)[O-])ccc2F)CC1. The third-order valence-corrected chi connectivity index (χ3v) is 3.36. The summed E-state index contributed by atoms with van der Waals surface area (Å²) in [7, 11) is 0. The zero-order valence-corrected chi connectivity index (χ0v) is 10.6. The number of carbonyl (C=O) groups excluding carboxylic acids is 1. The molecule has 0 N–H and O–H groups in total. The summed E-state index contributed by atoms with van der Waals surface area (Å²) in [6.07, 6.45) is 1.08. The molecule has 0 saturated carbocycles. The van der Waals surface area contributed by atoms with E-state index in [0.717, 1.165) is 18.2 Å². The minimum atomic E-state index is -0.775. The number of carbonyl (C=O) groups is 1. The van der Waals surface area contributed by atoms with E-state index in [-0.39, 0.29) is 17.2 Å². The van der Waals surface area contributed by atoms with Gasteiger partial charge >= 0.3 is 0 Å². The predicted octanol–water partition coefficient (Wildman–Crippen LogP) is 2.11. The average Bonchev–Trinajstić information content (AvgIpc) is 2.47. The summed E-state index contributed by atoms with van der Waals surface area (Å²) >= 11 is 0. The number of benzene rings is 1. The molecule has 0 atom stereocenters. The van der Waals surface area contributed by atoms with Crippen LogP contribution < -0.4 is 0 Å². The van der Waals surface area contributed by atoms with E-state index in [4.69, 9.17) is 5.26 Å². The first-order valence-corrected chi connectivity index (χ1v) is 6.15. The van der Waals surface area contributed by atoms with Crippen molar-refractivity contribution in [3.63, 3.8) is 0 Å². The maximum Gasteiger partial charge on any atom is 0.270 e. The van der Waals surface area contributed by atoms with E-state index in [2.05, 4.69) is 6.07 Å². The molecule has 0 radical (unpaired) electrons. The highest BCUT2D eigenvalue weighted by Crippen LogP contribution is 2.22. The Balaban J connectivity index is 2.19. The molecule has 0 aromatic heterocycles. The van der Waals surface area contributed by atoms with Gasteiger partial charge in [-0.1, -0.05) is 0 Å². The number of nitrogens with zero attached hydrogens (tertiary/aromatic N) is 3. The number of amides is 1. The average molecular weight is 277 g/mol. The monoisotopic (exact) mass is 277 g/mol. The molecule has 6 nitrogen and oxygen atoms in total. The van der Waals surface area contributed by atoms with E-state index in [0.29, 0.717) is 25.9 Å². The van der Waals surface area contributed by atoms with Gasteiger partial charge in [0.25, 0.3) is 11.6 Å². The standard InChI is InChI=1S/C13H12FN3O3/c14-12-2-1-10(17(19)20)7-11(12)13(18)16-5-3-9(8-15)4-6-16/h1-2,7,9H,3-6H2. The number of nitriles is 1. The number of hydrogen-bond donors (Lipinski definition) is 0. The van der Waals surface area contributed by atoms with Crippen LogP contribution in [0.5, 0.6) is 0 Å². The Morgan fingerprint density at radius 3 is 2.65 bits per heavy atom. The van der Waals surface area contributed by atoms with Gasteiger partial charge < -0.3 is 4.90 Å². The van der Waals surface area contributed by atoms with Gasteiger partial charge in [-0.2, -0.15) is 5.26 Å². The van der Waals surface area contributed by atoms with Crippen LogP contribution >= 0.6 is 0 Å². The predicted molar refractivity (Wildman–Crippen MR) is 67.3 cm³/mol. The molecule has 1 heterocycles. The molecule has 0 aliphatic carbocycles. The van der Waals surface area contributed by atoms with Crippen molar-refractivity contribution in [3.8, 4) is 6.07 Å². The molecule has 1 saturated heterocycles. The molecule has 1 aromatic carbocycles. The number of rotatable bonds is 2. The van der Waals surface area contributed by atoms with E-state index >= 15 is 0 Å². The molecule has 0 unspecified atom stereocenters. The number of nitro benzene ring substituents is 1. The zero-order valence-electron chi connectivity index (χ0n) is 10.6. The highest BCUT2D eigenvalue weighted by Gasteiger charge is 2.26. The Labute approximate surface area is 114 Å². The van der Waals surface area contributed by atoms with Crippen LogP contribution in [-0.2, 0) is 0 Å². The number of likely N-dealkylation sites (tertiary alicyclic amines) is 1. The van der Waals surface area contributed by atoms with E-state index in [9.17, 15) is 19.3 Å². The van der Waals surface area contributed by atoms with Crippen molar-refractivity contribution < 1.29 is 14.1 Å². The van der Waals surface area contributed by atoms with E-state index in [1.807, 2.05) is 0 Å². The van der Waals surface area contributed by atoms with Crippen molar-refractivity contribution in [1.29, 1.82) is 5.26 Å². The van der Waals surface area contributed by atoms with Gasteiger partial charge in [-0.05, 0) is 18.9 Å². The quantitative estimate of drug-likeness (QED) is 0.611. The third kappa shape index (κ3) is 2.74. The lowest BCUT2D eigenvalue weighted by Crippen LogP contribution is -2.38. The second-order valence-corrected chi connectivity index (χ2v) is 4.62. The fraction of sp³-hybridized carbons (Fsp3) is 0.385. The molecule has 1 aliphatic heterocycles. The first-order valence-electron chi connectivity index (χ1n) is 6.15. The van der Waals surface area contributed by atoms with Gasteiger partial charge in [0.2, 0.25) is 0 Å². The Morgan fingerprint density at radius 2 is 2.10 bits per heavy atom. The number of piperidine rings is 1. The van der Waals surface area contributed by atoms with Gasteiger partial charge in [-0.15, -0.1) is 0 Å². The minimum absolute atomic E-state index is 0.0889. The molecular weight excluding hydrogens is 265 g/mol. The number of nitro groups is 1. The van der Waals surface area contributed by atoms with Crippen molar-refractivity contribution in [3.05, 3.63) is 39.7 Å². The molecule has 20 heavy (non-hydrogen) atoms. The summed E-state index contributed by atoms with van der Waals surface area (Å²) in [5.74, 6) is -1.43. The summed E-state index contributed by atoms with van der Waals surface area (Å²) in [5.41, 5.74) is -0.615. The molecule has 7 heteroatoms. The molecule has 2 rings (SSSR count). The lowest BCUT2D eigenvalue weighted by atomic mass is 9.98. The van der Waals surface area contributed by atoms with Gasteiger partial charge in [0.15, 0.2) is 0 Å². The lowest BCUT2D eigenvalue weighted by Gasteiger charge is -2.29. The number of halogens is 1. The van der Waals surface area contributed by atoms with Gasteiger partial charge in [0, 0.05) is 31.1 Å². The Bertz CT molecular complexity index is 589. The van der Waals surface area contributed by atoms with Gasteiger partial charge in [-0.25, -0.2) is 4.39 Å². The Hall–Kier alpha value is -2.49. The zero-order chi connectivity index (χ0) is 14.7. The smallest absolute Gasteiger partial charge is 0.270 e. The van der Waals surface area contributed by atoms with Crippen molar-refractivity contribution in [1.82, 2.24) is 4.90 Å². The second-order valence-electron chi connectivity index (χ2n) is 4.62.